The average molecular weight is 482 g/mol. The lowest BCUT2D eigenvalue weighted by molar-refractivity contribution is -0.161. The van der Waals surface area contributed by atoms with Crippen LogP contribution < -0.4 is 15.4 Å². The minimum absolute atomic E-state index is 0.132. The van der Waals surface area contributed by atoms with Crippen LogP contribution in [0.3, 0.4) is 0 Å². The van der Waals surface area contributed by atoms with E-state index in [1.54, 1.807) is 26.0 Å². The number of nitrogens with one attached hydrogen (secondary N) is 2. The largest absolute Gasteiger partial charge is 0.473 e. The molecule has 6 nitrogen and oxygen atoms in total. The van der Waals surface area contributed by atoms with Gasteiger partial charge >= 0.3 is 6.18 Å². The first kappa shape index (κ1) is 23.9. The van der Waals surface area contributed by atoms with Crippen molar-refractivity contribution in [3.63, 3.8) is 0 Å². The quantitative estimate of drug-likeness (QED) is 0.535. The third-order valence-corrected chi connectivity index (χ3v) is 5.81. The van der Waals surface area contributed by atoms with E-state index >= 15 is 0 Å². The molecule has 11 heteroatoms. The second-order valence-corrected chi connectivity index (χ2v) is 8.36. The molecule has 0 bridgehead atoms. The molecule has 1 aliphatic rings. The number of benzene rings is 1. The molecular weight excluding hydrogens is 459 g/mol. The zero-order valence-corrected chi connectivity index (χ0v) is 18.5. The van der Waals surface area contributed by atoms with Crippen molar-refractivity contribution in [2.45, 2.75) is 51.6 Å². The zero-order chi connectivity index (χ0) is 24.6. The van der Waals surface area contributed by atoms with E-state index in [1.165, 1.54) is 10.6 Å². The first-order valence-corrected chi connectivity index (χ1v) is 10.7. The molecule has 3 aromatic rings. The number of carbonyl (C=O) groups is 1. The number of pyridine rings is 1. The first-order valence-electron chi connectivity index (χ1n) is 10.7. The lowest BCUT2D eigenvalue weighted by Crippen LogP contribution is -2.53. The Bertz CT molecular complexity index is 1200. The van der Waals surface area contributed by atoms with Gasteiger partial charge in [0.2, 0.25) is 5.88 Å². The fourth-order valence-corrected chi connectivity index (χ4v) is 4.11. The maximum atomic E-state index is 14.0. The van der Waals surface area contributed by atoms with Crippen LogP contribution in [0, 0.1) is 25.5 Å². The van der Waals surface area contributed by atoms with Crippen molar-refractivity contribution in [2.75, 3.05) is 6.54 Å². The van der Waals surface area contributed by atoms with Crippen LogP contribution in [0.15, 0.2) is 30.3 Å². The minimum Gasteiger partial charge on any atom is -0.473 e. The average Bonchev–Trinajstić information content (AvgIpc) is 3.08. The summed E-state index contributed by atoms with van der Waals surface area (Å²) in [5.41, 5.74) is 1.37. The summed E-state index contributed by atoms with van der Waals surface area (Å²) >= 11 is 0. The number of hydrogen-bond donors (Lipinski definition) is 2. The van der Waals surface area contributed by atoms with Gasteiger partial charge in [-0.3, -0.25) is 4.79 Å². The second kappa shape index (κ2) is 9.21. The van der Waals surface area contributed by atoms with Gasteiger partial charge in [-0.1, -0.05) is 6.07 Å². The summed E-state index contributed by atoms with van der Waals surface area (Å²) in [4.78, 5) is 13.1. The third kappa shape index (κ3) is 4.84. The summed E-state index contributed by atoms with van der Waals surface area (Å²) in [6, 6.07) is 4.46. The van der Waals surface area contributed by atoms with Gasteiger partial charge in [0.1, 0.15) is 24.3 Å². The van der Waals surface area contributed by atoms with Gasteiger partial charge in [0.15, 0.2) is 0 Å². The van der Waals surface area contributed by atoms with Crippen molar-refractivity contribution < 1.29 is 31.5 Å². The van der Waals surface area contributed by atoms with Crippen molar-refractivity contribution in [1.82, 2.24) is 20.2 Å². The van der Waals surface area contributed by atoms with E-state index in [0.717, 1.165) is 12.1 Å². The van der Waals surface area contributed by atoms with E-state index in [0.29, 0.717) is 23.2 Å². The van der Waals surface area contributed by atoms with E-state index in [2.05, 4.69) is 15.7 Å². The normalized spacial score (nSPS) is 18.8. The molecule has 2 atom stereocenters. The molecule has 2 aromatic heterocycles. The number of amides is 1. The monoisotopic (exact) mass is 482 g/mol. The van der Waals surface area contributed by atoms with Crippen LogP contribution in [-0.2, 0) is 6.61 Å². The van der Waals surface area contributed by atoms with Crippen LogP contribution in [0.4, 0.5) is 22.0 Å². The topological polar surface area (TPSA) is 67.7 Å². The van der Waals surface area contributed by atoms with E-state index in [9.17, 15) is 26.7 Å². The minimum atomic E-state index is -4.40. The molecule has 0 spiro atoms. The Morgan fingerprint density at radius 2 is 1.94 bits per heavy atom. The van der Waals surface area contributed by atoms with Gasteiger partial charge in [-0.2, -0.15) is 22.8 Å². The maximum Gasteiger partial charge on any atom is 0.403 e. The Morgan fingerprint density at radius 3 is 2.62 bits per heavy atom. The number of fused-ring (bicyclic) bond motifs is 1. The number of halogens is 5. The summed E-state index contributed by atoms with van der Waals surface area (Å²) in [5.74, 6) is -1.88. The van der Waals surface area contributed by atoms with Crippen LogP contribution in [0.2, 0.25) is 0 Å². The number of aryl methyl sites for hydroxylation is 2. The van der Waals surface area contributed by atoms with Crippen molar-refractivity contribution in [3.8, 4) is 5.88 Å². The van der Waals surface area contributed by atoms with Gasteiger partial charge < -0.3 is 15.4 Å². The molecule has 2 unspecified atom stereocenters. The molecule has 2 N–H and O–H groups in total. The third-order valence-electron chi connectivity index (χ3n) is 5.81. The van der Waals surface area contributed by atoms with Crippen LogP contribution in [0.5, 0.6) is 5.88 Å². The highest BCUT2D eigenvalue weighted by atomic mass is 19.4. The lowest BCUT2D eigenvalue weighted by Gasteiger charge is -2.32. The molecule has 1 saturated heterocycles. The van der Waals surface area contributed by atoms with Crippen molar-refractivity contribution in [3.05, 3.63) is 64.4 Å². The smallest absolute Gasteiger partial charge is 0.403 e. The molecule has 1 fully saturated rings. The fraction of sp³-hybridized carbons (Fsp3) is 0.391. The molecule has 182 valence electrons. The molecule has 34 heavy (non-hydrogen) atoms. The van der Waals surface area contributed by atoms with Crippen LogP contribution in [-0.4, -0.2) is 40.3 Å². The Kier molecular flexibility index (Phi) is 6.48. The van der Waals surface area contributed by atoms with E-state index in [1.807, 2.05) is 0 Å². The SMILES string of the molecule is Cc1cc(OCc2c(F)cccc2F)n2nc(C)c(C(=O)NC3CCNC(C(F)(F)F)C3)c2c1. The summed E-state index contributed by atoms with van der Waals surface area (Å²) in [5, 5.41) is 9.45. The summed E-state index contributed by atoms with van der Waals surface area (Å²) < 4.78 is 74.2. The number of ether oxygens (including phenoxy) is 1. The molecular formula is C23H23F5N4O2. The summed E-state index contributed by atoms with van der Waals surface area (Å²) in [6.45, 7) is 3.08. The Morgan fingerprint density at radius 1 is 1.24 bits per heavy atom. The molecule has 1 aliphatic heterocycles. The summed E-state index contributed by atoms with van der Waals surface area (Å²) in [7, 11) is 0. The predicted octanol–water partition coefficient (Wildman–Crippen LogP) is 4.22. The van der Waals surface area contributed by atoms with Gasteiger partial charge in [0.05, 0.1) is 22.3 Å². The standard InChI is InChI=1S/C23H23F5N4O2/c1-12-8-18-21(22(33)30-14-6-7-29-19(10-14)23(26,27)28)13(2)31-32(18)20(9-12)34-11-15-16(24)4-3-5-17(15)25/h3-5,8-9,14,19,29H,6-7,10-11H2,1-2H3,(H,30,33). The molecule has 1 amide bonds. The molecule has 3 heterocycles. The van der Waals surface area contributed by atoms with E-state index in [-0.39, 0.29) is 30.0 Å². The van der Waals surface area contributed by atoms with E-state index < -0.39 is 42.4 Å². The van der Waals surface area contributed by atoms with Crippen LogP contribution in [0.1, 0.15) is 40.0 Å². The summed E-state index contributed by atoms with van der Waals surface area (Å²) in [6.07, 6.45) is -4.31. The highest BCUT2D eigenvalue weighted by Gasteiger charge is 2.42. The number of nitrogens with zero attached hydrogens (tertiary/aromatic N) is 2. The molecule has 0 aliphatic carbocycles. The van der Waals surface area contributed by atoms with Crippen LogP contribution >= 0.6 is 0 Å². The highest BCUT2D eigenvalue weighted by Crippen LogP contribution is 2.28. The number of hydrogen-bond acceptors (Lipinski definition) is 4. The lowest BCUT2D eigenvalue weighted by atomic mass is 9.98. The molecule has 0 radical (unpaired) electrons. The fourth-order valence-electron chi connectivity index (χ4n) is 4.11. The number of alkyl halides is 3. The number of aromatic nitrogens is 2. The highest BCUT2D eigenvalue weighted by molar-refractivity contribution is 6.02. The van der Waals surface area contributed by atoms with Gasteiger partial charge in [-0.15, -0.1) is 0 Å². The predicted molar refractivity (Wildman–Crippen MR) is 114 cm³/mol. The number of piperidine rings is 1. The van der Waals surface area contributed by atoms with Crippen molar-refractivity contribution >= 4 is 11.4 Å². The Labute approximate surface area is 192 Å². The van der Waals surface area contributed by atoms with Gasteiger partial charge in [0.25, 0.3) is 5.91 Å². The Hall–Kier alpha value is -3.21. The number of rotatable bonds is 5. The molecule has 0 saturated carbocycles. The van der Waals surface area contributed by atoms with Gasteiger partial charge in [-0.25, -0.2) is 8.78 Å². The zero-order valence-electron chi connectivity index (χ0n) is 18.5. The van der Waals surface area contributed by atoms with Crippen molar-refractivity contribution in [2.24, 2.45) is 0 Å². The first-order chi connectivity index (χ1) is 16.0. The second-order valence-electron chi connectivity index (χ2n) is 8.36. The van der Waals surface area contributed by atoms with Crippen molar-refractivity contribution in [1.29, 1.82) is 0 Å². The number of carbonyl (C=O) groups excluding carboxylic acids is 1. The van der Waals surface area contributed by atoms with Crippen LogP contribution in [0.25, 0.3) is 5.52 Å². The van der Waals surface area contributed by atoms with Gasteiger partial charge in [-0.05, 0) is 57.0 Å². The Balaban J connectivity index is 1.59. The molecule has 4 rings (SSSR count). The maximum absolute atomic E-state index is 14.0. The van der Waals surface area contributed by atoms with E-state index in [4.69, 9.17) is 4.74 Å². The molecule has 1 aromatic carbocycles. The van der Waals surface area contributed by atoms with Gasteiger partial charge in [0, 0.05) is 12.1 Å².